The van der Waals surface area contributed by atoms with E-state index >= 15 is 0 Å². The van der Waals surface area contributed by atoms with Gasteiger partial charge >= 0.3 is 0 Å². The molecule has 0 radical (unpaired) electrons. The van der Waals surface area contributed by atoms with Crippen LogP contribution in [0, 0.1) is 5.92 Å². The summed E-state index contributed by atoms with van der Waals surface area (Å²) in [6.07, 6.45) is 4.62. The number of aryl methyl sites for hydroxylation is 1. The van der Waals surface area contributed by atoms with Crippen LogP contribution in [0.1, 0.15) is 26.2 Å². The zero-order chi connectivity index (χ0) is 14.6. The van der Waals surface area contributed by atoms with Crippen LogP contribution < -0.4 is 5.32 Å². The van der Waals surface area contributed by atoms with E-state index < -0.39 is 10.0 Å². The van der Waals surface area contributed by atoms with Gasteiger partial charge in [0.2, 0.25) is 0 Å². The summed E-state index contributed by atoms with van der Waals surface area (Å²) in [6, 6.07) is 1.58. The van der Waals surface area contributed by atoms with Crippen molar-refractivity contribution in [3.8, 4) is 0 Å². The molecule has 1 aliphatic rings. The molecule has 2 rings (SSSR count). The first-order chi connectivity index (χ1) is 9.55. The number of hydrogen-bond donors (Lipinski definition) is 1. The Labute approximate surface area is 121 Å². The number of rotatable bonds is 6. The number of sulfonamides is 1. The molecule has 0 amide bonds. The second kappa shape index (κ2) is 6.69. The predicted octanol–water partition coefficient (Wildman–Crippen LogP) is 0.913. The molecule has 0 aromatic carbocycles. The fraction of sp³-hybridized carbons (Fsp3) is 0.769. The number of piperidine rings is 1. The average Bonchev–Trinajstić information content (AvgIpc) is 2.89. The molecule has 0 bridgehead atoms. The van der Waals surface area contributed by atoms with E-state index in [-0.39, 0.29) is 0 Å². The highest BCUT2D eigenvalue weighted by atomic mass is 32.2. The van der Waals surface area contributed by atoms with E-state index in [1.54, 1.807) is 24.0 Å². The van der Waals surface area contributed by atoms with Gasteiger partial charge in [-0.15, -0.1) is 0 Å². The molecule has 6 nitrogen and oxygen atoms in total. The Balaban J connectivity index is 2.10. The van der Waals surface area contributed by atoms with Crippen LogP contribution in [0.5, 0.6) is 0 Å². The first-order valence-corrected chi connectivity index (χ1v) is 8.68. The van der Waals surface area contributed by atoms with Crippen molar-refractivity contribution in [3.63, 3.8) is 0 Å². The fourth-order valence-corrected chi connectivity index (χ4v) is 3.98. The molecule has 1 aliphatic heterocycles. The quantitative estimate of drug-likeness (QED) is 0.848. The molecule has 0 aliphatic carbocycles. The molecule has 1 unspecified atom stereocenters. The minimum Gasteiger partial charge on any atom is -0.316 e. The van der Waals surface area contributed by atoms with E-state index in [0.29, 0.717) is 24.0 Å². The summed E-state index contributed by atoms with van der Waals surface area (Å²) in [7, 11) is -1.78. The zero-order valence-corrected chi connectivity index (χ0v) is 13.1. The molecule has 1 saturated heterocycles. The van der Waals surface area contributed by atoms with Crippen LogP contribution in [0.3, 0.4) is 0 Å². The van der Waals surface area contributed by atoms with Crippen molar-refractivity contribution in [2.24, 2.45) is 5.92 Å². The molecule has 2 heterocycles. The van der Waals surface area contributed by atoms with Gasteiger partial charge in [-0.2, -0.15) is 9.40 Å². The summed E-state index contributed by atoms with van der Waals surface area (Å²) in [4.78, 5) is 0. The summed E-state index contributed by atoms with van der Waals surface area (Å²) in [6.45, 7) is 5.13. The lowest BCUT2D eigenvalue weighted by molar-refractivity contribution is 0.313. The SMILES string of the molecule is CCCn1nccc1S(=O)(=O)N(C)CC1CCCNC1. The van der Waals surface area contributed by atoms with Crippen molar-refractivity contribution in [1.82, 2.24) is 19.4 Å². The first-order valence-electron chi connectivity index (χ1n) is 7.24. The molecule has 114 valence electrons. The zero-order valence-electron chi connectivity index (χ0n) is 12.2. The van der Waals surface area contributed by atoms with Gasteiger partial charge in [0, 0.05) is 20.1 Å². The van der Waals surface area contributed by atoms with Crippen molar-refractivity contribution >= 4 is 10.0 Å². The Hall–Kier alpha value is -0.920. The molecule has 1 aromatic heterocycles. The summed E-state index contributed by atoms with van der Waals surface area (Å²) < 4.78 is 28.3. The van der Waals surface area contributed by atoms with Crippen LogP contribution in [0.25, 0.3) is 0 Å². The topological polar surface area (TPSA) is 67.2 Å². The molecule has 0 spiro atoms. The van der Waals surface area contributed by atoms with Gasteiger partial charge in [-0.05, 0) is 44.3 Å². The minimum atomic E-state index is -3.44. The highest BCUT2D eigenvalue weighted by Gasteiger charge is 2.27. The number of nitrogens with one attached hydrogen (secondary N) is 1. The van der Waals surface area contributed by atoms with E-state index in [0.717, 1.165) is 32.4 Å². The highest BCUT2D eigenvalue weighted by molar-refractivity contribution is 7.89. The maximum atomic E-state index is 12.6. The average molecular weight is 300 g/mol. The molecule has 1 atom stereocenters. The smallest absolute Gasteiger partial charge is 0.259 e. The van der Waals surface area contributed by atoms with Gasteiger partial charge in [0.1, 0.15) is 0 Å². The third-order valence-electron chi connectivity index (χ3n) is 3.70. The van der Waals surface area contributed by atoms with E-state index in [1.807, 2.05) is 6.92 Å². The Morgan fingerprint density at radius 3 is 3.00 bits per heavy atom. The minimum absolute atomic E-state index is 0.297. The molecular weight excluding hydrogens is 276 g/mol. The van der Waals surface area contributed by atoms with Gasteiger partial charge in [0.25, 0.3) is 10.0 Å². The van der Waals surface area contributed by atoms with E-state index in [4.69, 9.17) is 0 Å². The molecule has 1 N–H and O–H groups in total. The number of nitrogens with zero attached hydrogens (tertiary/aromatic N) is 3. The van der Waals surface area contributed by atoms with Crippen LogP contribution in [0.2, 0.25) is 0 Å². The van der Waals surface area contributed by atoms with E-state index in [9.17, 15) is 8.42 Å². The normalized spacial score (nSPS) is 20.4. The Bertz CT molecular complexity index is 520. The van der Waals surface area contributed by atoms with Crippen molar-refractivity contribution in [2.45, 2.75) is 37.8 Å². The van der Waals surface area contributed by atoms with Crippen molar-refractivity contribution in [2.75, 3.05) is 26.7 Å². The van der Waals surface area contributed by atoms with Crippen molar-refractivity contribution < 1.29 is 8.42 Å². The summed E-state index contributed by atoms with van der Waals surface area (Å²) in [5.74, 6) is 0.395. The Kier molecular flexibility index (Phi) is 5.17. The van der Waals surface area contributed by atoms with Gasteiger partial charge < -0.3 is 5.32 Å². The summed E-state index contributed by atoms with van der Waals surface area (Å²) in [5, 5.41) is 7.72. The maximum Gasteiger partial charge on any atom is 0.259 e. The summed E-state index contributed by atoms with van der Waals surface area (Å²) in [5.41, 5.74) is 0. The Morgan fingerprint density at radius 2 is 2.35 bits per heavy atom. The molecule has 20 heavy (non-hydrogen) atoms. The second-order valence-electron chi connectivity index (χ2n) is 5.39. The molecule has 1 aromatic rings. The lowest BCUT2D eigenvalue weighted by Gasteiger charge is -2.27. The molecule has 1 fully saturated rings. The fourth-order valence-electron chi connectivity index (χ4n) is 2.62. The molecule has 0 saturated carbocycles. The molecular formula is C13H24N4O2S. The lowest BCUT2D eigenvalue weighted by atomic mass is 10.00. The standard InChI is InChI=1S/C13H24N4O2S/c1-3-9-17-13(6-8-15-17)20(18,19)16(2)11-12-5-4-7-14-10-12/h6,8,12,14H,3-5,7,9-11H2,1-2H3. The van der Waals surface area contributed by atoms with Gasteiger partial charge in [-0.1, -0.05) is 6.92 Å². The number of aromatic nitrogens is 2. The number of hydrogen-bond acceptors (Lipinski definition) is 4. The van der Waals surface area contributed by atoms with Crippen molar-refractivity contribution in [3.05, 3.63) is 12.3 Å². The lowest BCUT2D eigenvalue weighted by Crippen LogP contribution is -2.39. The monoisotopic (exact) mass is 300 g/mol. The largest absolute Gasteiger partial charge is 0.316 e. The first kappa shape index (κ1) is 15.5. The van der Waals surface area contributed by atoms with E-state index in [1.165, 1.54) is 4.31 Å². The van der Waals surface area contributed by atoms with E-state index in [2.05, 4.69) is 10.4 Å². The van der Waals surface area contributed by atoms with Crippen LogP contribution in [-0.4, -0.2) is 49.2 Å². The summed E-state index contributed by atoms with van der Waals surface area (Å²) >= 11 is 0. The van der Waals surface area contributed by atoms with Gasteiger partial charge in [-0.3, -0.25) is 4.68 Å². The third kappa shape index (κ3) is 3.39. The van der Waals surface area contributed by atoms with Crippen molar-refractivity contribution in [1.29, 1.82) is 0 Å². The third-order valence-corrected chi connectivity index (χ3v) is 5.55. The van der Waals surface area contributed by atoms with Gasteiger partial charge in [0.05, 0.1) is 6.20 Å². The Morgan fingerprint density at radius 1 is 1.55 bits per heavy atom. The van der Waals surface area contributed by atoms with Crippen LogP contribution in [0.15, 0.2) is 17.3 Å². The maximum absolute atomic E-state index is 12.6. The van der Waals surface area contributed by atoms with Crippen LogP contribution >= 0.6 is 0 Å². The highest BCUT2D eigenvalue weighted by Crippen LogP contribution is 2.18. The van der Waals surface area contributed by atoms with Gasteiger partial charge in [0.15, 0.2) is 5.03 Å². The molecule has 7 heteroatoms. The predicted molar refractivity (Wildman–Crippen MR) is 77.9 cm³/mol. The van der Waals surface area contributed by atoms with Crippen LogP contribution in [0.4, 0.5) is 0 Å². The van der Waals surface area contributed by atoms with Gasteiger partial charge in [-0.25, -0.2) is 8.42 Å². The second-order valence-corrected chi connectivity index (χ2v) is 7.38. The van der Waals surface area contributed by atoms with Crippen LogP contribution in [-0.2, 0) is 16.6 Å².